The molecule has 0 saturated carbocycles. The van der Waals surface area contributed by atoms with Gasteiger partial charge in [0.15, 0.2) is 5.11 Å². The zero-order valence-electron chi connectivity index (χ0n) is 10.2. The van der Waals surface area contributed by atoms with Crippen LogP contribution in [0.5, 0.6) is 5.75 Å². The van der Waals surface area contributed by atoms with Gasteiger partial charge in [-0.3, -0.25) is 15.5 Å². The lowest BCUT2D eigenvalue weighted by atomic mass is 10.2. The minimum Gasteiger partial charge on any atom is -0.502 e. The van der Waals surface area contributed by atoms with Crippen LogP contribution in [0.1, 0.15) is 5.56 Å². The number of thiocarbonyl (C=S) groups is 1. The number of hydrogen-bond acceptors (Lipinski definition) is 5. The summed E-state index contributed by atoms with van der Waals surface area (Å²) in [4.78, 5) is 9.98. The van der Waals surface area contributed by atoms with Crippen LogP contribution in [0.4, 0.5) is 5.69 Å². The van der Waals surface area contributed by atoms with Crippen molar-refractivity contribution in [3.05, 3.63) is 45.5 Å². The van der Waals surface area contributed by atoms with E-state index in [4.69, 9.17) is 23.8 Å². The quantitative estimate of drug-likeness (QED) is 0.252. The normalized spacial score (nSPS) is 10.2. The maximum Gasteiger partial charge on any atom is 0.312 e. The van der Waals surface area contributed by atoms with Gasteiger partial charge in [-0.05, 0) is 18.3 Å². The third-order valence-electron chi connectivity index (χ3n) is 2.06. The van der Waals surface area contributed by atoms with E-state index in [-0.39, 0.29) is 15.7 Å². The molecule has 106 valence electrons. The molecule has 7 nitrogen and oxygen atoms in total. The molecule has 0 heterocycles. The van der Waals surface area contributed by atoms with Gasteiger partial charge in [0.25, 0.3) is 0 Å². The zero-order valence-corrected chi connectivity index (χ0v) is 11.7. The predicted octanol–water partition coefficient (Wildman–Crippen LogP) is 1.94. The van der Waals surface area contributed by atoms with Crippen molar-refractivity contribution in [3.63, 3.8) is 0 Å². The number of rotatable bonds is 5. The van der Waals surface area contributed by atoms with Gasteiger partial charge in [-0.25, -0.2) is 0 Å². The second kappa shape index (κ2) is 7.41. The Morgan fingerprint density at radius 1 is 1.65 bits per heavy atom. The fourth-order valence-corrected chi connectivity index (χ4v) is 1.56. The van der Waals surface area contributed by atoms with Crippen molar-refractivity contribution in [2.75, 3.05) is 6.54 Å². The average molecular weight is 315 g/mol. The molecule has 0 amide bonds. The van der Waals surface area contributed by atoms with E-state index < -0.39 is 16.4 Å². The van der Waals surface area contributed by atoms with Crippen LogP contribution in [0, 0.1) is 10.1 Å². The van der Waals surface area contributed by atoms with Crippen LogP contribution in [-0.2, 0) is 0 Å². The first-order chi connectivity index (χ1) is 9.45. The van der Waals surface area contributed by atoms with Crippen molar-refractivity contribution in [1.29, 1.82) is 0 Å². The van der Waals surface area contributed by atoms with E-state index in [2.05, 4.69) is 22.4 Å². The molecular weight excluding hydrogens is 304 g/mol. The number of nitrogens with zero attached hydrogens (tertiary/aromatic N) is 2. The lowest BCUT2D eigenvalue weighted by Crippen LogP contribution is -2.31. The lowest BCUT2D eigenvalue weighted by Gasteiger charge is -2.04. The Kier molecular flexibility index (Phi) is 5.88. The molecule has 0 atom stereocenters. The molecule has 0 aliphatic rings. The number of hydrazone groups is 1. The number of phenolic OH excluding ortho intramolecular Hbond substituents is 1. The second-order valence-corrected chi connectivity index (χ2v) is 4.33. The number of nitro groups is 1. The number of nitrogens with one attached hydrogen (secondary N) is 2. The Balaban J connectivity index is 2.84. The highest BCUT2D eigenvalue weighted by Crippen LogP contribution is 2.32. The van der Waals surface area contributed by atoms with Crippen LogP contribution < -0.4 is 10.7 Å². The van der Waals surface area contributed by atoms with Crippen molar-refractivity contribution in [1.82, 2.24) is 10.7 Å². The van der Waals surface area contributed by atoms with Crippen LogP contribution in [-0.4, -0.2) is 27.9 Å². The molecule has 1 aromatic carbocycles. The lowest BCUT2D eigenvalue weighted by molar-refractivity contribution is -0.385. The third-order valence-corrected chi connectivity index (χ3v) is 2.51. The van der Waals surface area contributed by atoms with Gasteiger partial charge in [0.2, 0.25) is 5.75 Å². The van der Waals surface area contributed by atoms with Gasteiger partial charge in [-0.2, -0.15) is 5.10 Å². The fraction of sp³-hybridized carbons (Fsp3) is 0.0909. The summed E-state index contributed by atoms with van der Waals surface area (Å²) in [6.07, 6.45) is 2.79. The van der Waals surface area contributed by atoms with E-state index in [1.54, 1.807) is 6.08 Å². The van der Waals surface area contributed by atoms with Gasteiger partial charge in [0, 0.05) is 23.2 Å². The van der Waals surface area contributed by atoms with Crippen molar-refractivity contribution in [3.8, 4) is 5.75 Å². The molecule has 9 heteroatoms. The number of phenols is 1. The molecule has 20 heavy (non-hydrogen) atoms. The number of benzene rings is 1. The molecule has 3 N–H and O–H groups in total. The molecule has 0 aliphatic carbocycles. The van der Waals surface area contributed by atoms with Crippen molar-refractivity contribution >= 4 is 40.8 Å². The molecule has 1 aromatic rings. The summed E-state index contributed by atoms with van der Waals surface area (Å²) in [7, 11) is 0. The van der Waals surface area contributed by atoms with Crippen molar-refractivity contribution < 1.29 is 10.0 Å². The standard InChI is InChI=1S/C11H11ClN4O3S/c1-2-3-13-11(20)15-14-6-7-4-8(12)5-9(10(7)17)16(18)19/h2,4-6,17H,1,3H2,(H2,13,15,20). The Hall–Kier alpha value is -2.19. The van der Waals surface area contributed by atoms with E-state index in [1.165, 1.54) is 12.3 Å². The Bertz CT molecular complexity index is 577. The largest absolute Gasteiger partial charge is 0.502 e. The molecular formula is C11H11ClN4O3S. The minimum absolute atomic E-state index is 0.100. The zero-order chi connectivity index (χ0) is 15.1. The second-order valence-electron chi connectivity index (χ2n) is 3.49. The number of aromatic hydroxyl groups is 1. The average Bonchev–Trinajstić information content (AvgIpc) is 2.39. The van der Waals surface area contributed by atoms with Crippen LogP contribution in [0.2, 0.25) is 5.02 Å². The van der Waals surface area contributed by atoms with Crippen LogP contribution in [0.15, 0.2) is 29.9 Å². The van der Waals surface area contributed by atoms with Gasteiger partial charge in [0.1, 0.15) is 0 Å². The number of hydrogen-bond donors (Lipinski definition) is 3. The Labute approximate surface area is 125 Å². The smallest absolute Gasteiger partial charge is 0.312 e. The molecule has 0 spiro atoms. The van der Waals surface area contributed by atoms with E-state index in [0.29, 0.717) is 6.54 Å². The third kappa shape index (κ3) is 4.48. The minimum atomic E-state index is -0.734. The molecule has 0 aromatic heterocycles. The topological polar surface area (TPSA) is 99.8 Å². The van der Waals surface area contributed by atoms with E-state index in [9.17, 15) is 15.2 Å². The summed E-state index contributed by atoms with van der Waals surface area (Å²) in [5.74, 6) is -0.519. The summed E-state index contributed by atoms with van der Waals surface area (Å²) >= 11 is 10.6. The highest BCUT2D eigenvalue weighted by molar-refractivity contribution is 7.80. The van der Waals surface area contributed by atoms with E-state index in [1.807, 2.05) is 0 Å². The van der Waals surface area contributed by atoms with Gasteiger partial charge >= 0.3 is 5.69 Å². The number of nitro benzene ring substituents is 1. The highest BCUT2D eigenvalue weighted by Gasteiger charge is 2.17. The predicted molar refractivity (Wildman–Crippen MR) is 81.3 cm³/mol. The summed E-state index contributed by atoms with van der Waals surface area (Å²) in [6, 6.07) is 2.40. The summed E-state index contributed by atoms with van der Waals surface area (Å²) in [5.41, 5.74) is 2.09. The molecule has 0 saturated heterocycles. The van der Waals surface area contributed by atoms with Gasteiger partial charge < -0.3 is 10.4 Å². The van der Waals surface area contributed by atoms with Gasteiger partial charge in [-0.15, -0.1) is 6.58 Å². The van der Waals surface area contributed by atoms with Crippen LogP contribution >= 0.6 is 23.8 Å². The van der Waals surface area contributed by atoms with Gasteiger partial charge in [-0.1, -0.05) is 17.7 Å². The van der Waals surface area contributed by atoms with Crippen molar-refractivity contribution in [2.45, 2.75) is 0 Å². The SMILES string of the molecule is C=CCNC(=S)NN=Cc1cc(Cl)cc([N+](=O)[O-])c1O. The maximum absolute atomic E-state index is 10.7. The van der Waals surface area contributed by atoms with E-state index >= 15 is 0 Å². The highest BCUT2D eigenvalue weighted by atomic mass is 35.5. The summed E-state index contributed by atoms with van der Waals surface area (Å²) in [5, 5.41) is 27.3. The maximum atomic E-state index is 10.7. The Morgan fingerprint density at radius 2 is 2.35 bits per heavy atom. The summed E-state index contributed by atoms with van der Waals surface area (Å²) < 4.78 is 0. The fourth-order valence-electron chi connectivity index (χ4n) is 1.21. The van der Waals surface area contributed by atoms with Gasteiger partial charge in [0.05, 0.1) is 11.1 Å². The first kappa shape index (κ1) is 15.9. The first-order valence-electron chi connectivity index (χ1n) is 5.30. The van der Waals surface area contributed by atoms with E-state index in [0.717, 1.165) is 6.07 Å². The number of halogens is 1. The summed E-state index contributed by atoms with van der Waals surface area (Å²) in [6.45, 7) is 3.98. The Morgan fingerprint density at radius 3 is 2.95 bits per heavy atom. The molecule has 0 radical (unpaired) electrons. The molecule has 1 rings (SSSR count). The monoisotopic (exact) mass is 314 g/mol. The molecule has 0 aliphatic heterocycles. The van der Waals surface area contributed by atoms with Crippen LogP contribution in [0.25, 0.3) is 0 Å². The molecule has 0 bridgehead atoms. The van der Waals surface area contributed by atoms with Crippen molar-refractivity contribution in [2.24, 2.45) is 5.10 Å². The van der Waals surface area contributed by atoms with Crippen LogP contribution in [0.3, 0.4) is 0 Å². The molecule has 0 unspecified atom stereocenters. The molecule has 0 fully saturated rings. The first-order valence-corrected chi connectivity index (χ1v) is 6.09.